The van der Waals surface area contributed by atoms with Crippen LogP contribution in [0.1, 0.15) is 17.3 Å². The number of fused-ring (bicyclic) bond motifs is 1. The number of piperazine rings is 1. The third kappa shape index (κ3) is 2.02. The van der Waals surface area contributed by atoms with Gasteiger partial charge in [0.1, 0.15) is 0 Å². The molecule has 2 aromatic rings. The van der Waals surface area contributed by atoms with Crippen molar-refractivity contribution < 1.29 is 4.79 Å². The zero-order chi connectivity index (χ0) is 13.4. The summed E-state index contributed by atoms with van der Waals surface area (Å²) in [5.74, 6) is 0.144. The number of carbonyl (C=O) groups excluding carboxylic acids is 1. The van der Waals surface area contributed by atoms with Crippen LogP contribution in [-0.2, 0) is 7.05 Å². The molecule has 1 aliphatic heterocycles. The van der Waals surface area contributed by atoms with Crippen molar-refractivity contribution >= 4 is 16.8 Å². The van der Waals surface area contributed by atoms with Crippen LogP contribution < -0.4 is 5.32 Å². The van der Waals surface area contributed by atoms with Crippen molar-refractivity contribution in [3.8, 4) is 0 Å². The minimum Gasteiger partial charge on any atom is -0.350 e. The second-order valence-electron chi connectivity index (χ2n) is 5.22. The summed E-state index contributed by atoms with van der Waals surface area (Å²) in [4.78, 5) is 14.7. The third-order valence-corrected chi connectivity index (χ3v) is 3.89. The van der Waals surface area contributed by atoms with Gasteiger partial charge in [-0.15, -0.1) is 0 Å². The number of nitrogens with one attached hydrogen (secondary N) is 1. The number of hydrogen-bond donors (Lipinski definition) is 1. The molecule has 1 fully saturated rings. The van der Waals surface area contributed by atoms with Gasteiger partial charge in [-0.1, -0.05) is 18.2 Å². The molecule has 1 amide bonds. The molecule has 2 heterocycles. The third-order valence-electron chi connectivity index (χ3n) is 3.89. The van der Waals surface area contributed by atoms with Crippen LogP contribution in [-0.4, -0.2) is 41.1 Å². The van der Waals surface area contributed by atoms with E-state index >= 15 is 0 Å². The van der Waals surface area contributed by atoms with Crippen molar-refractivity contribution in [2.24, 2.45) is 7.05 Å². The molecule has 0 spiro atoms. The Hall–Kier alpha value is -1.81. The minimum absolute atomic E-state index is 0.144. The van der Waals surface area contributed by atoms with Gasteiger partial charge in [0.05, 0.1) is 5.56 Å². The highest BCUT2D eigenvalue weighted by Gasteiger charge is 2.26. The fourth-order valence-electron chi connectivity index (χ4n) is 2.81. The quantitative estimate of drug-likeness (QED) is 0.843. The van der Waals surface area contributed by atoms with Crippen molar-refractivity contribution in [1.29, 1.82) is 0 Å². The summed E-state index contributed by atoms with van der Waals surface area (Å²) < 4.78 is 2.02. The largest absolute Gasteiger partial charge is 0.350 e. The SMILES string of the molecule is C[C@@H]1CNCCN1C(=O)c1cn(C)c2ccccc12. The van der Waals surface area contributed by atoms with Crippen LogP contribution in [0.25, 0.3) is 10.9 Å². The molecular weight excluding hydrogens is 238 g/mol. The molecule has 1 aromatic carbocycles. The Balaban J connectivity index is 2.02. The number of carbonyl (C=O) groups is 1. The van der Waals surface area contributed by atoms with E-state index in [1.165, 1.54) is 0 Å². The van der Waals surface area contributed by atoms with E-state index in [2.05, 4.69) is 12.2 Å². The molecule has 4 nitrogen and oxygen atoms in total. The fourth-order valence-corrected chi connectivity index (χ4v) is 2.81. The summed E-state index contributed by atoms with van der Waals surface area (Å²) in [6.07, 6.45) is 1.95. The molecule has 100 valence electrons. The lowest BCUT2D eigenvalue weighted by atomic mass is 10.1. The van der Waals surface area contributed by atoms with Gasteiger partial charge in [0, 0.05) is 49.8 Å². The summed E-state index contributed by atoms with van der Waals surface area (Å²) in [6, 6.07) is 8.31. The highest BCUT2D eigenvalue weighted by atomic mass is 16.2. The van der Waals surface area contributed by atoms with E-state index in [0.29, 0.717) is 0 Å². The molecule has 19 heavy (non-hydrogen) atoms. The van der Waals surface area contributed by atoms with Crippen molar-refractivity contribution in [3.63, 3.8) is 0 Å². The number of rotatable bonds is 1. The predicted octanol–water partition coefficient (Wildman–Crippen LogP) is 1.61. The average Bonchev–Trinajstić information content (AvgIpc) is 2.77. The Morgan fingerprint density at radius 2 is 2.16 bits per heavy atom. The Kier molecular flexibility index (Phi) is 3.03. The van der Waals surface area contributed by atoms with Crippen molar-refractivity contribution in [2.75, 3.05) is 19.6 Å². The highest BCUT2D eigenvalue weighted by molar-refractivity contribution is 6.07. The van der Waals surface area contributed by atoms with Crippen molar-refractivity contribution in [1.82, 2.24) is 14.8 Å². The average molecular weight is 257 g/mol. The Bertz CT molecular complexity index is 617. The zero-order valence-corrected chi connectivity index (χ0v) is 11.4. The van der Waals surface area contributed by atoms with E-state index in [0.717, 1.165) is 36.1 Å². The molecule has 4 heteroatoms. The van der Waals surface area contributed by atoms with Gasteiger partial charge < -0.3 is 14.8 Å². The summed E-state index contributed by atoms with van der Waals surface area (Å²) >= 11 is 0. The second kappa shape index (κ2) is 4.70. The number of hydrogen-bond acceptors (Lipinski definition) is 2. The molecule has 1 atom stereocenters. The summed E-state index contributed by atoms with van der Waals surface area (Å²) in [5.41, 5.74) is 1.92. The van der Waals surface area contributed by atoms with E-state index in [9.17, 15) is 4.79 Å². The van der Waals surface area contributed by atoms with Gasteiger partial charge in [-0.05, 0) is 13.0 Å². The first kappa shape index (κ1) is 12.2. The first-order valence-electron chi connectivity index (χ1n) is 6.74. The van der Waals surface area contributed by atoms with Crippen LogP contribution in [0.4, 0.5) is 0 Å². The summed E-state index contributed by atoms with van der Waals surface area (Å²) in [6.45, 7) is 4.62. The molecule has 1 aliphatic rings. The molecule has 1 aromatic heterocycles. The number of benzene rings is 1. The van der Waals surface area contributed by atoms with Gasteiger partial charge in [0.25, 0.3) is 5.91 Å². The van der Waals surface area contributed by atoms with E-state index < -0.39 is 0 Å². The molecule has 1 N–H and O–H groups in total. The smallest absolute Gasteiger partial charge is 0.256 e. The van der Waals surface area contributed by atoms with Crippen molar-refractivity contribution in [2.45, 2.75) is 13.0 Å². The molecule has 0 bridgehead atoms. The van der Waals surface area contributed by atoms with E-state index in [1.54, 1.807) is 0 Å². The maximum absolute atomic E-state index is 12.7. The minimum atomic E-state index is 0.144. The number of nitrogens with zero attached hydrogens (tertiary/aromatic N) is 2. The fraction of sp³-hybridized carbons (Fsp3) is 0.400. The maximum atomic E-state index is 12.7. The molecule has 3 rings (SSSR count). The van der Waals surface area contributed by atoms with Gasteiger partial charge in [0.15, 0.2) is 0 Å². The molecular formula is C15H19N3O. The first-order valence-corrected chi connectivity index (χ1v) is 6.74. The molecule has 0 saturated carbocycles. The topological polar surface area (TPSA) is 37.3 Å². The number of para-hydroxylation sites is 1. The number of aryl methyl sites for hydroxylation is 1. The normalized spacial score (nSPS) is 19.9. The zero-order valence-electron chi connectivity index (χ0n) is 11.4. The van der Waals surface area contributed by atoms with E-state index in [1.807, 2.05) is 47.0 Å². The Morgan fingerprint density at radius 3 is 2.95 bits per heavy atom. The van der Waals surface area contributed by atoms with E-state index in [-0.39, 0.29) is 11.9 Å². The standard InChI is InChI=1S/C15H19N3O/c1-11-9-16-7-8-18(11)15(19)13-10-17(2)14-6-4-3-5-12(13)14/h3-6,10-11,16H,7-9H2,1-2H3/t11-/m1/s1. The van der Waals surface area contributed by atoms with Crippen LogP contribution in [0, 0.1) is 0 Å². The predicted molar refractivity (Wildman–Crippen MR) is 76.3 cm³/mol. The number of aromatic nitrogens is 1. The second-order valence-corrected chi connectivity index (χ2v) is 5.22. The lowest BCUT2D eigenvalue weighted by Crippen LogP contribution is -2.52. The van der Waals surface area contributed by atoms with Crippen LogP contribution in [0.3, 0.4) is 0 Å². The van der Waals surface area contributed by atoms with Crippen LogP contribution >= 0.6 is 0 Å². The molecule has 0 radical (unpaired) electrons. The molecule has 1 saturated heterocycles. The number of amides is 1. The van der Waals surface area contributed by atoms with Gasteiger partial charge >= 0.3 is 0 Å². The lowest BCUT2D eigenvalue weighted by Gasteiger charge is -2.33. The van der Waals surface area contributed by atoms with Crippen LogP contribution in [0.15, 0.2) is 30.5 Å². The van der Waals surface area contributed by atoms with Gasteiger partial charge in [0.2, 0.25) is 0 Å². The summed E-state index contributed by atoms with van der Waals surface area (Å²) in [5, 5.41) is 4.36. The molecule has 0 unspecified atom stereocenters. The van der Waals surface area contributed by atoms with Gasteiger partial charge in [-0.25, -0.2) is 0 Å². The lowest BCUT2D eigenvalue weighted by molar-refractivity contribution is 0.0657. The van der Waals surface area contributed by atoms with Crippen molar-refractivity contribution in [3.05, 3.63) is 36.0 Å². The van der Waals surface area contributed by atoms with Gasteiger partial charge in [-0.2, -0.15) is 0 Å². The Labute approximate surface area is 113 Å². The van der Waals surface area contributed by atoms with Crippen LogP contribution in [0.2, 0.25) is 0 Å². The Morgan fingerprint density at radius 1 is 1.37 bits per heavy atom. The summed E-state index contributed by atoms with van der Waals surface area (Å²) in [7, 11) is 1.99. The monoisotopic (exact) mass is 257 g/mol. The molecule has 0 aliphatic carbocycles. The first-order chi connectivity index (χ1) is 9.18. The maximum Gasteiger partial charge on any atom is 0.256 e. The van der Waals surface area contributed by atoms with E-state index in [4.69, 9.17) is 0 Å². The highest BCUT2D eigenvalue weighted by Crippen LogP contribution is 2.22. The van der Waals surface area contributed by atoms with Crippen LogP contribution in [0.5, 0.6) is 0 Å². The van der Waals surface area contributed by atoms with Gasteiger partial charge in [-0.3, -0.25) is 4.79 Å².